The Kier molecular flexibility index (Phi) is 4.67. The van der Waals surface area contributed by atoms with Gasteiger partial charge in [0, 0.05) is 26.2 Å². The van der Waals surface area contributed by atoms with Crippen molar-refractivity contribution in [3.63, 3.8) is 0 Å². The van der Waals surface area contributed by atoms with Crippen molar-refractivity contribution in [3.8, 4) is 0 Å². The summed E-state index contributed by atoms with van der Waals surface area (Å²) in [4.78, 5) is 21.0. The van der Waals surface area contributed by atoms with Crippen molar-refractivity contribution < 1.29 is 9.66 Å². The van der Waals surface area contributed by atoms with Crippen LogP contribution in [0.4, 0.5) is 17.3 Å². The van der Waals surface area contributed by atoms with Gasteiger partial charge in [-0.1, -0.05) is 0 Å². The fraction of sp³-hybridized carbons (Fsp3) is 0.667. The van der Waals surface area contributed by atoms with Gasteiger partial charge in [0.15, 0.2) is 0 Å². The maximum absolute atomic E-state index is 11.4. The molecule has 0 radical (unpaired) electrons. The van der Waals surface area contributed by atoms with Gasteiger partial charge in [-0.3, -0.25) is 10.1 Å². The van der Waals surface area contributed by atoms with Crippen LogP contribution in [0, 0.1) is 10.1 Å². The van der Waals surface area contributed by atoms with Gasteiger partial charge in [0.1, 0.15) is 6.33 Å². The van der Waals surface area contributed by atoms with E-state index < -0.39 is 4.92 Å². The quantitative estimate of drug-likeness (QED) is 0.622. The van der Waals surface area contributed by atoms with Crippen LogP contribution >= 0.6 is 0 Å². The van der Waals surface area contributed by atoms with E-state index >= 15 is 0 Å². The SMILES string of the molecule is COCC(C)Nc1ncnc(N2CCCC2)c1[N+](=O)[O-]. The first-order valence-electron chi connectivity index (χ1n) is 6.63. The second-order valence-corrected chi connectivity index (χ2v) is 4.85. The molecular weight excluding hydrogens is 262 g/mol. The van der Waals surface area contributed by atoms with Crippen molar-refractivity contribution in [2.45, 2.75) is 25.8 Å². The summed E-state index contributed by atoms with van der Waals surface area (Å²) in [5, 5.41) is 14.4. The minimum atomic E-state index is -0.421. The molecule has 110 valence electrons. The summed E-state index contributed by atoms with van der Waals surface area (Å²) >= 11 is 0. The van der Waals surface area contributed by atoms with Crippen LogP contribution in [0.25, 0.3) is 0 Å². The topological polar surface area (TPSA) is 93.4 Å². The van der Waals surface area contributed by atoms with Crippen LogP contribution in [-0.2, 0) is 4.74 Å². The average Bonchev–Trinajstić information content (AvgIpc) is 2.92. The third-order valence-corrected chi connectivity index (χ3v) is 3.19. The summed E-state index contributed by atoms with van der Waals surface area (Å²) in [6.45, 7) is 3.92. The summed E-state index contributed by atoms with van der Waals surface area (Å²) in [7, 11) is 1.59. The molecule has 8 nitrogen and oxygen atoms in total. The van der Waals surface area contributed by atoms with Crippen molar-refractivity contribution in [2.75, 3.05) is 37.0 Å². The minimum Gasteiger partial charge on any atom is -0.383 e. The highest BCUT2D eigenvalue weighted by atomic mass is 16.6. The third-order valence-electron chi connectivity index (χ3n) is 3.19. The molecule has 2 heterocycles. The van der Waals surface area contributed by atoms with E-state index in [1.165, 1.54) is 6.33 Å². The van der Waals surface area contributed by atoms with Gasteiger partial charge in [0.25, 0.3) is 0 Å². The Morgan fingerprint density at radius 3 is 2.80 bits per heavy atom. The highest BCUT2D eigenvalue weighted by molar-refractivity contribution is 5.70. The fourth-order valence-corrected chi connectivity index (χ4v) is 2.33. The molecule has 1 N–H and O–H groups in total. The van der Waals surface area contributed by atoms with Crippen LogP contribution < -0.4 is 10.2 Å². The Morgan fingerprint density at radius 2 is 2.20 bits per heavy atom. The Hall–Kier alpha value is -1.96. The van der Waals surface area contributed by atoms with Crippen LogP contribution in [0.15, 0.2) is 6.33 Å². The van der Waals surface area contributed by atoms with Gasteiger partial charge in [0.2, 0.25) is 11.6 Å². The van der Waals surface area contributed by atoms with E-state index in [0.717, 1.165) is 25.9 Å². The molecule has 0 bridgehead atoms. The van der Waals surface area contributed by atoms with Crippen molar-refractivity contribution in [3.05, 3.63) is 16.4 Å². The number of nitro groups is 1. The Bertz CT molecular complexity index is 476. The van der Waals surface area contributed by atoms with Crippen molar-refractivity contribution in [1.82, 2.24) is 9.97 Å². The lowest BCUT2D eigenvalue weighted by atomic mass is 10.3. The average molecular weight is 281 g/mol. The number of nitrogens with zero attached hydrogens (tertiary/aromatic N) is 4. The van der Waals surface area contributed by atoms with Crippen LogP contribution in [0.1, 0.15) is 19.8 Å². The number of rotatable bonds is 6. The predicted molar refractivity (Wildman–Crippen MR) is 75.1 cm³/mol. The summed E-state index contributed by atoms with van der Waals surface area (Å²) in [5.74, 6) is 0.645. The van der Waals surface area contributed by atoms with Gasteiger partial charge in [-0.2, -0.15) is 0 Å². The largest absolute Gasteiger partial charge is 0.383 e. The number of aromatic nitrogens is 2. The zero-order valence-electron chi connectivity index (χ0n) is 11.7. The normalized spacial score (nSPS) is 16.2. The number of hydrogen-bond donors (Lipinski definition) is 1. The molecule has 0 aromatic carbocycles. The van der Waals surface area contributed by atoms with E-state index in [-0.39, 0.29) is 17.5 Å². The lowest BCUT2D eigenvalue weighted by Gasteiger charge is -2.18. The number of hydrogen-bond acceptors (Lipinski definition) is 7. The van der Waals surface area contributed by atoms with Gasteiger partial charge < -0.3 is 15.0 Å². The molecule has 1 fully saturated rings. The summed E-state index contributed by atoms with van der Waals surface area (Å²) < 4.78 is 5.02. The second kappa shape index (κ2) is 6.47. The Morgan fingerprint density at radius 1 is 1.50 bits per heavy atom. The molecule has 1 aliphatic rings. The first-order chi connectivity index (χ1) is 9.63. The number of ether oxygens (including phenoxy) is 1. The minimum absolute atomic E-state index is 0.0580. The zero-order chi connectivity index (χ0) is 14.5. The van der Waals surface area contributed by atoms with Crippen LogP contribution in [0.5, 0.6) is 0 Å². The van der Waals surface area contributed by atoms with Gasteiger partial charge in [0.05, 0.1) is 11.5 Å². The molecule has 20 heavy (non-hydrogen) atoms. The number of anilines is 2. The lowest BCUT2D eigenvalue weighted by Crippen LogP contribution is -2.25. The van der Waals surface area contributed by atoms with E-state index in [1.54, 1.807) is 7.11 Å². The number of nitrogens with one attached hydrogen (secondary N) is 1. The predicted octanol–water partition coefficient (Wildman–Crippen LogP) is 1.43. The van der Waals surface area contributed by atoms with E-state index in [9.17, 15) is 10.1 Å². The summed E-state index contributed by atoms with van der Waals surface area (Å²) in [6, 6.07) is -0.0694. The smallest absolute Gasteiger partial charge is 0.353 e. The van der Waals surface area contributed by atoms with Crippen LogP contribution in [-0.4, -0.2) is 47.7 Å². The van der Waals surface area contributed by atoms with Crippen LogP contribution in [0.2, 0.25) is 0 Å². The molecular formula is C12H19N5O3. The first kappa shape index (κ1) is 14.4. The highest BCUT2D eigenvalue weighted by Gasteiger charge is 2.28. The second-order valence-electron chi connectivity index (χ2n) is 4.85. The van der Waals surface area contributed by atoms with Gasteiger partial charge in [-0.15, -0.1) is 0 Å². The van der Waals surface area contributed by atoms with Gasteiger partial charge >= 0.3 is 5.69 Å². The standard InChI is InChI=1S/C12H19N5O3/c1-9(7-20-2)15-11-10(17(18)19)12(14-8-13-11)16-5-3-4-6-16/h8-9H,3-7H2,1-2H3,(H,13,14,15). The molecule has 1 atom stereocenters. The van der Waals surface area contributed by atoms with Crippen molar-refractivity contribution >= 4 is 17.3 Å². The fourth-order valence-electron chi connectivity index (χ4n) is 2.33. The van der Waals surface area contributed by atoms with Crippen molar-refractivity contribution in [1.29, 1.82) is 0 Å². The zero-order valence-corrected chi connectivity index (χ0v) is 11.7. The highest BCUT2D eigenvalue weighted by Crippen LogP contribution is 2.33. The van der Waals surface area contributed by atoms with Gasteiger partial charge in [-0.25, -0.2) is 9.97 Å². The molecule has 2 rings (SSSR count). The van der Waals surface area contributed by atoms with Gasteiger partial charge in [-0.05, 0) is 19.8 Å². The van der Waals surface area contributed by atoms with E-state index in [1.807, 2.05) is 11.8 Å². The molecule has 0 aliphatic carbocycles. The molecule has 0 saturated carbocycles. The summed E-state index contributed by atoms with van der Waals surface area (Å²) in [5.41, 5.74) is -0.0580. The molecule has 0 spiro atoms. The van der Waals surface area contributed by atoms with E-state index in [2.05, 4.69) is 15.3 Å². The Labute approximate surface area is 117 Å². The maximum atomic E-state index is 11.4. The monoisotopic (exact) mass is 281 g/mol. The lowest BCUT2D eigenvalue weighted by molar-refractivity contribution is -0.383. The molecule has 1 aromatic rings. The molecule has 0 amide bonds. The molecule has 8 heteroatoms. The maximum Gasteiger partial charge on any atom is 0.353 e. The van der Waals surface area contributed by atoms with E-state index in [4.69, 9.17) is 4.74 Å². The summed E-state index contributed by atoms with van der Waals surface area (Å²) in [6.07, 6.45) is 3.43. The number of methoxy groups -OCH3 is 1. The molecule has 1 unspecified atom stereocenters. The first-order valence-corrected chi connectivity index (χ1v) is 6.63. The molecule has 1 aliphatic heterocycles. The molecule has 1 aromatic heterocycles. The van der Waals surface area contributed by atoms with E-state index in [0.29, 0.717) is 12.4 Å². The molecule has 1 saturated heterocycles. The van der Waals surface area contributed by atoms with Crippen molar-refractivity contribution in [2.24, 2.45) is 0 Å². The third kappa shape index (κ3) is 3.13. The Balaban J connectivity index is 2.31. The van der Waals surface area contributed by atoms with Crippen LogP contribution in [0.3, 0.4) is 0 Å².